The van der Waals surface area contributed by atoms with Gasteiger partial charge in [0.1, 0.15) is 6.79 Å². The third-order valence-electron chi connectivity index (χ3n) is 4.15. The fourth-order valence-electron chi connectivity index (χ4n) is 2.61. The van der Waals surface area contributed by atoms with E-state index >= 15 is 0 Å². The lowest BCUT2D eigenvalue weighted by molar-refractivity contribution is -0.147. The second-order valence-corrected chi connectivity index (χ2v) is 7.28. The van der Waals surface area contributed by atoms with Crippen molar-refractivity contribution >= 4 is 18.7 Å². The van der Waals surface area contributed by atoms with Gasteiger partial charge in [0.05, 0.1) is 6.10 Å². The molecule has 0 aliphatic heterocycles. The molecule has 0 amide bonds. The van der Waals surface area contributed by atoms with E-state index in [9.17, 15) is 9.59 Å². The van der Waals surface area contributed by atoms with Crippen molar-refractivity contribution < 1.29 is 24.2 Å². The molecule has 0 aromatic carbocycles. The molecule has 0 unspecified atom stereocenters. The second-order valence-electron chi connectivity index (χ2n) is 7.28. The van der Waals surface area contributed by atoms with Crippen LogP contribution in [0.15, 0.2) is 0 Å². The van der Waals surface area contributed by atoms with Gasteiger partial charge in [-0.25, -0.2) is 0 Å². The van der Waals surface area contributed by atoms with Crippen molar-refractivity contribution in [2.45, 2.75) is 130 Å². The molecule has 0 saturated carbocycles. The maximum Gasteiger partial charge on any atom is 0.306 e. The lowest BCUT2D eigenvalue weighted by Gasteiger charge is -2.07. The molecule has 5 nitrogen and oxygen atoms in total. The molecule has 5 heteroatoms. The third kappa shape index (κ3) is 35.7. The summed E-state index contributed by atoms with van der Waals surface area (Å²) in [4.78, 5) is 28.7. The van der Waals surface area contributed by atoms with E-state index < -0.39 is 5.97 Å². The summed E-state index contributed by atoms with van der Waals surface area (Å²) in [6.07, 6.45) is 18.2. The number of ether oxygens (including phenoxy) is 1. The molecule has 28 heavy (non-hydrogen) atoms. The summed E-state index contributed by atoms with van der Waals surface area (Å²) in [5, 5.41) is 7.72. The van der Waals surface area contributed by atoms with Gasteiger partial charge in [-0.1, -0.05) is 90.9 Å². The Balaban J connectivity index is -0.000000767. The van der Waals surface area contributed by atoms with Crippen LogP contribution in [0.25, 0.3) is 0 Å². The zero-order valence-electron chi connectivity index (χ0n) is 19.0. The molecule has 0 aliphatic rings. The number of esters is 1. The van der Waals surface area contributed by atoms with Crippen LogP contribution >= 0.6 is 0 Å². The Bertz CT molecular complexity index is 329. The molecule has 0 aromatic rings. The first-order valence-corrected chi connectivity index (χ1v) is 11.1. The van der Waals surface area contributed by atoms with Crippen molar-refractivity contribution in [3.63, 3.8) is 0 Å². The molecule has 0 bridgehead atoms. The largest absolute Gasteiger partial charge is 0.481 e. The zero-order valence-corrected chi connectivity index (χ0v) is 19.0. The van der Waals surface area contributed by atoms with Crippen molar-refractivity contribution in [1.82, 2.24) is 0 Å². The maximum absolute atomic E-state index is 11.3. The van der Waals surface area contributed by atoms with Gasteiger partial charge in [-0.3, -0.25) is 9.59 Å². The highest BCUT2D eigenvalue weighted by atomic mass is 16.5. The van der Waals surface area contributed by atoms with Crippen molar-refractivity contribution in [1.29, 1.82) is 0 Å². The molecule has 0 atom stereocenters. The summed E-state index contributed by atoms with van der Waals surface area (Å²) in [5.41, 5.74) is 0. The highest BCUT2D eigenvalue weighted by molar-refractivity contribution is 5.69. The summed E-state index contributed by atoms with van der Waals surface area (Å²) in [7, 11) is 0. The Kier molecular flexibility index (Phi) is 31.1. The molecule has 0 aromatic heterocycles. The van der Waals surface area contributed by atoms with E-state index in [2.05, 4.69) is 6.92 Å². The average Bonchev–Trinajstić information content (AvgIpc) is 2.67. The van der Waals surface area contributed by atoms with Crippen LogP contribution in [0.1, 0.15) is 124 Å². The van der Waals surface area contributed by atoms with Crippen LogP contribution < -0.4 is 0 Å². The minimum atomic E-state index is -0.745. The van der Waals surface area contributed by atoms with Gasteiger partial charge < -0.3 is 14.6 Å². The number of hydrogen-bond acceptors (Lipinski definition) is 4. The molecule has 0 fully saturated rings. The normalized spacial score (nSPS) is 9.75. The molecule has 168 valence electrons. The molecule has 0 saturated heterocycles. The smallest absolute Gasteiger partial charge is 0.306 e. The van der Waals surface area contributed by atoms with Crippen molar-refractivity contribution in [2.75, 3.05) is 0 Å². The second kappa shape index (κ2) is 27.8. The van der Waals surface area contributed by atoms with E-state index in [1.807, 2.05) is 20.6 Å². The molecular formula is C23H46O5. The van der Waals surface area contributed by atoms with Gasteiger partial charge in [0.25, 0.3) is 0 Å². The predicted octanol–water partition coefficient (Wildman–Crippen LogP) is 6.72. The van der Waals surface area contributed by atoms with Gasteiger partial charge in [0.15, 0.2) is 0 Å². The van der Waals surface area contributed by atoms with Gasteiger partial charge in [-0.15, -0.1) is 0 Å². The Labute approximate surface area is 173 Å². The van der Waals surface area contributed by atoms with Crippen LogP contribution in [0.4, 0.5) is 0 Å². The Morgan fingerprint density at radius 3 is 1.36 bits per heavy atom. The average molecular weight is 403 g/mol. The van der Waals surface area contributed by atoms with Gasteiger partial charge >= 0.3 is 11.9 Å². The fourth-order valence-corrected chi connectivity index (χ4v) is 2.61. The minimum absolute atomic E-state index is 0.0273. The minimum Gasteiger partial charge on any atom is -0.481 e. The van der Waals surface area contributed by atoms with Crippen LogP contribution in [0, 0.1) is 0 Å². The Hall–Kier alpha value is -1.39. The number of unbranched alkanes of at least 4 members (excludes halogenated alkanes) is 12. The topological polar surface area (TPSA) is 80.7 Å². The van der Waals surface area contributed by atoms with Crippen LogP contribution in [-0.2, 0) is 19.1 Å². The summed E-state index contributed by atoms with van der Waals surface area (Å²) in [6, 6.07) is 0. The highest BCUT2D eigenvalue weighted by Crippen LogP contribution is 2.13. The Morgan fingerprint density at radius 1 is 0.750 bits per heavy atom. The molecule has 0 spiro atoms. The summed E-state index contributed by atoms with van der Waals surface area (Å²) >= 11 is 0. The number of carbonyl (C=O) groups is 3. The number of carbonyl (C=O) groups excluding carboxylic acids is 2. The Morgan fingerprint density at radius 2 is 1.07 bits per heavy atom. The predicted molar refractivity (Wildman–Crippen MR) is 117 cm³/mol. The van der Waals surface area contributed by atoms with E-state index in [0.29, 0.717) is 6.42 Å². The van der Waals surface area contributed by atoms with Crippen LogP contribution in [0.5, 0.6) is 0 Å². The van der Waals surface area contributed by atoms with Crippen LogP contribution in [0.3, 0.4) is 0 Å². The quantitative estimate of drug-likeness (QED) is 0.229. The number of carboxylic acid groups (broad SMARTS) is 1. The van der Waals surface area contributed by atoms with Crippen LogP contribution in [0.2, 0.25) is 0 Å². The lowest BCUT2D eigenvalue weighted by Crippen LogP contribution is -2.10. The summed E-state index contributed by atoms with van der Waals surface area (Å²) in [6.45, 7) is 9.68. The number of rotatable bonds is 16. The molecule has 0 radical (unpaired) electrons. The fraction of sp³-hybridized carbons (Fsp3) is 0.870. The standard InChI is InChI=1S/C19H38O2.C3H6O2.CH2O/c1-4-5-6-7-8-9-10-11-12-13-14-15-16-17-19(20)21-18(2)3;1-2-3(4)5;1-2/h18H,4-17H2,1-3H3;2H2,1H3,(H,4,5);1H2. The van der Waals surface area contributed by atoms with Gasteiger partial charge in [-0.2, -0.15) is 0 Å². The van der Waals surface area contributed by atoms with E-state index in [1.165, 1.54) is 77.0 Å². The van der Waals surface area contributed by atoms with Gasteiger partial charge in [-0.05, 0) is 20.3 Å². The van der Waals surface area contributed by atoms with E-state index in [4.69, 9.17) is 14.6 Å². The van der Waals surface area contributed by atoms with E-state index in [0.717, 1.165) is 6.42 Å². The summed E-state index contributed by atoms with van der Waals surface area (Å²) < 4.78 is 5.12. The first-order valence-electron chi connectivity index (χ1n) is 11.1. The van der Waals surface area contributed by atoms with Gasteiger partial charge in [0.2, 0.25) is 0 Å². The SMILES string of the molecule is C=O.CCC(=O)O.CCCCCCCCCCCCCCCC(=O)OC(C)C. The monoisotopic (exact) mass is 402 g/mol. The molecule has 0 aliphatic carbocycles. The zero-order chi connectivity index (χ0) is 22.0. The lowest BCUT2D eigenvalue weighted by atomic mass is 10.0. The number of carboxylic acids is 1. The maximum atomic E-state index is 11.3. The van der Waals surface area contributed by atoms with Gasteiger partial charge in [0, 0.05) is 12.8 Å². The molecule has 0 heterocycles. The summed E-state index contributed by atoms with van der Waals surface area (Å²) in [5.74, 6) is -0.780. The molecular weight excluding hydrogens is 356 g/mol. The van der Waals surface area contributed by atoms with E-state index in [-0.39, 0.29) is 18.5 Å². The van der Waals surface area contributed by atoms with Crippen molar-refractivity contribution in [3.8, 4) is 0 Å². The number of hydrogen-bond donors (Lipinski definition) is 1. The van der Waals surface area contributed by atoms with E-state index in [1.54, 1.807) is 6.92 Å². The highest BCUT2D eigenvalue weighted by Gasteiger charge is 2.04. The molecule has 0 rings (SSSR count). The third-order valence-corrected chi connectivity index (χ3v) is 4.15. The van der Waals surface area contributed by atoms with Crippen molar-refractivity contribution in [2.24, 2.45) is 0 Å². The molecule has 1 N–H and O–H groups in total. The van der Waals surface area contributed by atoms with Crippen molar-refractivity contribution in [3.05, 3.63) is 0 Å². The first kappa shape index (κ1) is 31.3. The number of aliphatic carboxylic acids is 1. The van der Waals surface area contributed by atoms with Crippen LogP contribution in [-0.4, -0.2) is 29.9 Å². The first-order chi connectivity index (χ1) is 13.4.